The molecule has 12 nitrogen and oxygen atoms in total. The number of nitrogens with two attached hydrogens (primary N) is 1. The van der Waals surface area contributed by atoms with Gasteiger partial charge < -0.3 is 37.2 Å². The Hall–Kier alpha value is -4.45. The molecule has 0 aromatic heterocycles. The average molecular weight is 556 g/mol. The molecular weight excluding hydrogens is 518 g/mol. The zero-order valence-corrected chi connectivity index (χ0v) is 22.6. The largest absolute Gasteiger partial charge is 0.508 e. The molecule has 0 aliphatic rings. The Morgan fingerprint density at radius 2 is 1.27 bits per heavy atom. The third-order valence-electron chi connectivity index (χ3n) is 5.85. The Morgan fingerprint density at radius 3 is 1.82 bits per heavy atom. The van der Waals surface area contributed by atoms with Crippen LogP contribution in [0.1, 0.15) is 31.4 Å². The molecule has 8 N–H and O–H groups in total. The number of rotatable bonds is 15. The summed E-state index contributed by atoms with van der Waals surface area (Å²) in [6.07, 6.45) is 0.535. The van der Waals surface area contributed by atoms with E-state index in [1.807, 2.05) is 13.8 Å². The molecule has 0 heterocycles. The van der Waals surface area contributed by atoms with Crippen molar-refractivity contribution in [1.82, 2.24) is 21.3 Å². The van der Waals surface area contributed by atoms with E-state index >= 15 is 0 Å². The Kier molecular flexibility index (Phi) is 12.6. The van der Waals surface area contributed by atoms with Crippen molar-refractivity contribution in [2.24, 2.45) is 11.7 Å². The smallest absolute Gasteiger partial charge is 0.326 e. The van der Waals surface area contributed by atoms with Gasteiger partial charge in [0.25, 0.3) is 0 Å². The van der Waals surface area contributed by atoms with E-state index in [2.05, 4.69) is 21.3 Å². The Labute approximate surface area is 232 Å². The molecule has 0 aliphatic heterocycles. The van der Waals surface area contributed by atoms with Crippen LogP contribution < -0.4 is 27.0 Å². The van der Waals surface area contributed by atoms with E-state index in [0.717, 1.165) is 11.1 Å². The first-order valence-corrected chi connectivity index (χ1v) is 12.9. The maximum atomic E-state index is 12.8. The van der Waals surface area contributed by atoms with Crippen LogP contribution in [0.15, 0.2) is 54.6 Å². The fourth-order valence-electron chi connectivity index (χ4n) is 3.81. The van der Waals surface area contributed by atoms with Crippen LogP contribution >= 0.6 is 0 Å². The minimum atomic E-state index is -1.21. The highest BCUT2D eigenvalue weighted by molar-refractivity contribution is 5.93. The summed E-state index contributed by atoms with van der Waals surface area (Å²) in [5.74, 6) is -3.61. The van der Waals surface area contributed by atoms with Crippen LogP contribution in [0.3, 0.4) is 0 Å². The molecule has 2 aromatic carbocycles. The van der Waals surface area contributed by atoms with Crippen molar-refractivity contribution in [3.05, 3.63) is 65.7 Å². The fourth-order valence-corrected chi connectivity index (χ4v) is 3.81. The third kappa shape index (κ3) is 11.5. The average Bonchev–Trinajstić information content (AvgIpc) is 2.91. The normalized spacial score (nSPS) is 13.0. The zero-order valence-electron chi connectivity index (χ0n) is 22.6. The van der Waals surface area contributed by atoms with Crippen molar-refractivity contribution in [2.45, 2.75) is 51.2 Å². The van der Waals surface area contributed by atoms with Gasteiger partial charge in [-0.2, -0.15) is 0 Å². The fraction of sp³-hybridized carbons (Fsp3) is 0.393. The monoisotopic (exact) mass is 555 g/mol. The SMILES string of the molecule is CC(C)C[C@H](NC(=O)CNC(=O)[C@@H](N)Cc1ccc(O)cc1)C(=O)NCC(=O)N[C@@H](Cc1ccccc1)C(=O)O. The van der Waals surface area contributed by atoms with Crippen molar-refractivity contribution in [3.8, 4) is 5.75 Å². The number of phenols is 1. The van der Waals surface area contributed by atoms with Gasteiger partial charge in [-0.15, -0.1) is 0 Å². The first-order valence-electron chi connectivity index (χ1n) is 12.9. The second-order valence-electron chi connectivity index (χ2n) is 9.81. The van der Waals surface area contributed by atoms with Gasteiger partial charge in [0.05, 0.1) is 19.1 Å². The molecule has 0 spiro atoms. The van der Waals surface area contributed by atoms with Crippen LogP contribution in [0.25, 0.3) is 0 Å². The molecule has 0 radical (unpaired) electrons. The van der Waals surface area contributed by atoms with Crippen LogP contribution in [0.4, 0.5) is 0 Å². The first-order chi connectivity index (χ1) is 18.9. The number of amides is 4. The number of carbonyl (C=O) groups excluding carboxylic acids is 4. The van der Waals surface area contributed by atoms with Crippen molar-refractivity contribution >= 4 is 29.6 Å². The Balaban J connectivity index is 1.84. The van der Waals surface area contributed by atoms with Gasteiger partial charge in [-0.05, 0) is 42.0 Å². The lowest BCUT2D eigenvalue weighted by molar-refractivity contribution is -0.141. The highest BCUT2D eigenvalue weighted by Crippen LogP contribution is 2.11. The van der Waals surface area contributed by atoms with Crippen LogP contribution in [-0.2, 0) is 36.8 Å². The molecule has 2 rings (SSSR count). The standard InChI is InChI=1S/C28H37N5O7/c1-17(2)12-22(32-24(35)15-30-26(37)21(29)13-19-8-10-20(34)11-9-19)27(38)31-16-25(36)33-23(28(39)40)14-18-6-4-3-5-7-18/h3-11,17,21-23,34H,12-16,29H2,1-2H3,(H,30,37)(H,31,38)(H,32,35)(H,33,36)(H,39,40)/t21-,22-,23-/m0/s1. The van der Waals surface area contributed by atoms with Crippen molar-refractivity contribution < 1.29 is 34.2 Å². The molecule has 0 saturated heterocycles. The maximum Gasteiger partial charge on any atom is 0.326 e. The number of aliphatic carboxylic acids is 1. The van der Waals surface area contributed by atoms with Gasteiger partial charge in [-0.3, -0.25) is 19.2 Å². The van der Waals surface area contributed by atoms with Gasteiger partial charge in [0, 0.05) is 6.42 Å². The minimum Gasteiger partial charge on any atom is -0.508 e. The second kappa shape index (κ2) is 15.8. The van der Waals surface area contributed by atoms with E-state index in [1.165, 1.54) is 12.1 Å². The lowest BCUT2D eigenvalue weighted by atomic mass is 10.0. The van der Waals surface area contributed by atoms with Crippen molar-refractivity contribution in [3.63, 3.8) is 0 Å². The summed E-state index contributed by atoms with van der Waals surface area (Å²) in [5.41, 5.74) is 7.37. The van der Waals surface area contributed by atoms with Crippen LogP contribution in [-0.4, -0.2) is 71.0 Å². The highest BCUT2D eigenvalue weighted by Gasteiger charge is 2.25. The topological polar surface area (TPSA) is 200 Å². The number of carbonyl (C=O) groups is 5. The second-order valence-corrected chi connectivity index (χ2v) is 9.81. The molecular formula is C28H37N5O7. The number of phenolic OH excluding ortho intramolecular Hbond substituents is 1. The third-order valence-corrected chi connectivity index (χ3v) is 5.85. The predicted molar refractivity (Wildman–Crippen MR) is 147 cm³/mol. The highest BCUT2D eigenvalue weighted by atomic mass is 16.4. The number of hydrogen-bond donors (Lipinski definition) is 7. The number of hydrogen-bond acceptors (Lipinski definition) is 7. The van der Waals surface area contributed by atoms with E-state index in [4.69, 9.17) is 5.73 Å². The summed E-state index contributed by atoms with van der Waals surface area (Å²) in [6, 6.07) is 11.9. The molecule has 40 heavy (non-hydrogen) atoms. The molecule has 4 amide bonds. The van der Waals surface area contributed by atoms with Gasteiger partial charge in [0.15, 0.2) is 0 Å². The van der Waals surface area contributed by atoms with E-state index in [9.17, 15) is 34.2 Å². The lowest BCUT2D eigenvalue weighted by Gasteiger charge is -2.21. The molecule has 0 bridgehead atoms. The van der Waals surface area contributed by atoms with Gasteiger partial charge in [-0.25, -0.2) is 4.79 Å². The molecule has 0 aliphatic carbocycles. The van der Waals surface area contributed by atoms with E-state index in [0.29, 0.717) is 0 Å². The molecule has 216 valence electrons. The van der Waals surface area contributed by atoms with E-state index in [1.54, 1.807) is 42.5 Å². The molecule has 0 unspecified atom stereocenters. The quantitative estimate of drug-likeness (QED) is 0.157. The van der Waals surface area contributed by atoms with E-state index < -0.39 is 60.8 Å². The minimum absolute atomic E-state index is 0.0143. The number of carboxylic acid groups (broad SMARTS) is 1. The van der Waals surface area contributed by atoms with Gasteiger partial charge in [0.2, 0.25) is 23.6 Å². The Bertz CT molecular complexity index is 1160. The summed E-state index contributed by atoms with van der Waals surface area (Å²) >= 11 is 0. The Morgan fingerprint density at radius 1 is 0.750 bits per heavy atom. The lowest BCUT2D eigenvalue weighted by Crippen LogP contribution is -2.53. The number of carboxylic acids is 1. The number of nitrogens with one attached hydrogen (secondary N) is 4. The summed E-state index contributed by atoms with van der Waals surface area (Å²) in [7, 11) is 0. The summed E-state index contributed by atoms with van der Waals surface area (Å²) in [5, 5.41) is 28.6. The maximum absolute atomic E-state index is 12.8. The zero-order chi connectivity index (χ0) is 29.7. The van der Waals surface area contributed by atoms with Crippen molar-refractivity contribution in [2.75, 3.05) is 13.1 Å². The summed E-state index contributed by atoms with van der Waals surface area (Å²) < 4.78 is 0. The van der Waals surface area contributed by atoms with Crippen LogP contribution in [0, 0.1) is 5.92 Å². The summed E-state index contributed by atoms with van der Waals surface area (Å²) in [4.78, 5) is 61.5. The van der Waals surface area contributed by atoms with E-state index in [-0.39, 0.29) is 30.9 Å². The predicted octanol–water partition coefficient (Wildman–Crippen LogP) is -0.163. The van der Waals surface area contributed by atoms with Crippen LogP contribution in [0.2, 0.25) is 0 Å². The van der Waals surface area contributed by atoms with Gasteiger partial charge in [-0.1, -0.05) is 56.3 Å². The molecule has 2 aromatic rings. The first kappa shape index (κ1) is 31.8. The van der Waals surface area contributed by atoms with Crippen LogP contribution in [0.5, 0.6) is 5.75 Å². The van der Waals surface area contributed by atoms with Gasteiger partial charge in [0.1, 0.15) is 17.8 Å². The van der Waals surface area contributed by atoms with Crippen molar-refractivity contribution in [1.29, 1.82) is 0 Å². The molecule has 3 atom stereocenters. The number of aromatic hydroxyl groups is 1. The molecule has 0 saturated carbocycles. The molecule has 12 heteroatoms. The summed E-state index contributed by atoms with van der Waals surface area (Å²) in [6.45, 7) is 2.81. The van der Waals surface area contributed by atoms with Gasteiger partial charge >= 0.3 is 5.97 Å². The molecule has 0 fully saturated rings. The number of benzene rings is 2.